The van der Waals surface area contributed by atoms with Crippen molar-refractivity contribution in [1.29, 1.82) is 0 Å². The lowest BCUT2D eigenvalue weighted by Gasteiger charge is -2.35. The SMILES string of the molecule is CCCn1c(=O)c(N2CCN(C(=O)c3ccc(C)s3)CC2)nc2ccccc21. The van der Waals surface area contributed by atoms with Crippen molar-refractivity contribution in [3.8, 4) is 0 Å². The Hall–Kier alpha value is -2.67. The molecule has 2 aromatic heterocycles. The summed E-state index contributed by atoms with van der Waals surface area (Å²) in [6.45, 7) is 7.16. The number of benzene rings is 1. The van der Waals surface area contributed by atoms with E-state index in [2.05, 4.69) is 11.9 Å². The number of aryl methyl sites for hydroxylation is 2. The van der Waals surface area contributed by atoms with Crippen LogP contribution < -0.4 is 10.5 Å². The maximum absolute atomic E-state index is 13.1. The van der Waals surface area contributed by atoms with Crippen molar-refractivity contribution in [3.05, 3.63) is 56.5 Å². The molecule has 0 atom stereocenters. The molecule has 28 heavy (non-hydrogen) atoms. The first-order valence-electron chi connectivity index (χ1n) is 9.68. The van der Waals surface area contributed by atoms with Crippen LogP contribution in [-0.2, 0) is 6.54 Å². The first-order valence-corrected chi connectivity index (χ1v) is 10.5. The standard InChI is InChI=1S/C21H24N4O2S/c1-3-10-25-17-7-5-4-6-16(17)22-19(21(25)27)23-11-13-24(14-12-23)20(26)18-9-8-15(2)28-18/h4-9H,3,10-14H2,1-2H3. The minimum Gasteiger partial charge on any atom is -0.348 e. The molecule has 3 aromatic rings. The summed E-state index contributed by atoms with van der Waals surface area (Å²) in [6.07, 6.45) is 0.885. The van der Waals surface area contributed by atoms with E-state index in [0.717, 1.165) is 27.2 Å². The van der Waals surface area contributed by atoms with E-state index in [4.69, 9.17) is 0 Å². The molecule has 0 N–H and O–H groups in total. The summed E-state index contributed by atoms with van der Waals surface area (Å²) in [7, 11) is 0. The van der Waals surface area contributed by atoms with Crippen LogP contribution in [0, 0.1) is 6.92 Å². The van der Waals surface area contributed by atoms with E-state index in [1.807, 2.05) is 57.7 Å². The third kappa shape index (κ3) is 3.42. The van der Waals surface area contributed by atoms with Crippen molar-refractivity contribution < 1.29 is 4.79 Å². The topological polar surface area (TPSA) is 58.4 Å². The third-order valence-electron chi connectivity index (χ3n) is 5.10. The monoisotopic (exact) mass is 396 g/mol. The zero-order valence-corrected chi connectivity index (χ0v) is 17.0. The van der Waals surface area contributed by atoms with Gasteiger partial charge in [-0.25, -0.2) is 4.98 Å². The molecule has 0 aliphatic carbocycles. The lowest BCUT2D eigenvalue weighted by Crippen LogP contribution is -2.50. The van der Waals surface area contributed by atoms with Gasteiger partial charge in [0, 0.05) is 37.6 Å². The summed E-state index contributed by atoms with van der Waals surface area (Å²) in [4.78, 5) is 36.2. The number of thiophene rings is 1. The van der Waals surface area contributed by atoms with Crippen LogP contribution in [0.25, 0.3) is 11.0 Å². The van der Waals surface area contributed by atoms with Crippen LogP contribution >= 0.6 is 11.3 Å². The van der Waals surface area contributed by atoms with E-state index in [9.17, 15) is 9.59 Å². The number of fused-ring (bicyclic) bond motifs is 1. The maximum Gasteiger partial charge on any atom is 0.294 e. The highest BCUT2D eigenvalue weighted by Crippen LogP contribution is 2.20. The van der Waals surface area contributed by atoms with Crippen molar-refractivity contribution in [2.75, 3.05) is 31.1 Å². The Bertz CT molecular complexity index is 1060. The highest BCUT2D eigenvalue weighted by molar-refractivity contribution is 7.13. The molecule has 1 aliphatic heterocycles. The number of carbonyl (C=O) groups excluding carboxylic acids is 1. The normalized spacial score (nSPS) is 14.6. The predicted octanol–water partition coefficient (Wildman–Crippen LogP) is 3.14. The van der Waals surface area contributed by atoms with Crippen molar-refractivity contribution >= 4 is 34.1 Å². The van der Waals surface area contributed by atoms with Crippen molar-refractivity contribution in [1.82, 2.24) is 14.5 Å². The second kappa shape index (κ2) is 7.75. The van der Waals surface area contributed by atoms with Gasteiger partial charge >= 0.3 is 0 Å². The molecule has 0 bridgehead atoms. The van der Waals surface area contributed by atoms with Gasteiger partial charge in [-0.1, -0.05) is 19.1 Å². The van der Waals surface area contributed by atoms with E-state index < -0.39 is 0 Å². The molecule has 1 aromatic carbocycles. The van der Waals surface area contributed by atoms with Gasteiger partial charge in [-0.05, 0) is 37.6 Å². The Balaban J connectivity index is 1.58. The predicted molar refractivity (Wildman–Crippen MR) is 113 cm³/mol. The van der Waals surface area contributed by atoms with Gasteiger partial charge in [0.1, 0.15) is 0 Å². The number of rotatable bonds is 4. The van der Waals surface area contributed by atoms with E-state index >= 15 is 0 Å². The summed E-state index contributed by atoms with van der Waals surface area (Å²) in [5.41, 5.74) is 1.66. The minimum absolute atomic E-state index is 0.0470. The fourth-order valence-electron chi connectivity index (χ4n) is 3.66. The summed E-state index contributed by atoms with van der Waals surface area (Å²) in [6, 6.07) is 11.6. The van der Waals surface area contributed by atoms with E-state index in [-0.39, 0.29) is 11.5 Å². The molecule has 0 unspecified atom stereocenters. The number of anilines is 1. The Morgan fingerprint density at radius 2 is 1.86 bits per heavy atom. The summed E-state index contributed by atoms with van der Waals surface area (Å²) < 4.78 is 1.82. The lowest BCUT2D eigenvalue weighted by molar-refractivity contribution is 0.0751. The average Bonchev–Trinajstić information content (AvgIpc) is 3.16. The number of piperazine rings is 1. The molecule has 1 saturated heterocycles. The molecular weight excluding hydrogens is 372 g/mol. The maximum atomic E-state index is 13.1. The Kier molecular flexibility index (Phi) is 5.17. The second-order valence-electron chi connectivity index (χ2n) is 7.07. The zero-order chi connectivity index (χ0) is 19.7. The quantitative estimate of drug-likeness (QED) is 0.680. The number of nitrogens with zero attached hydrogens (tertiary/aromatic N) is 4. The lowest BCUT2D eigenvalue weighted by atomic mass is 10.2. The zero-order valence-electron chi connectivity index (χ0n) is 16.2. The fraction of sp³-hybridized carbons (Fsp3) is 0.381. The van der Waals surface area contributed by atoms with Crippen molar-refractivity contribution in [3.63, 3.8) is 0 Å². The molecule has 0 saturated carbocycles. The summed E-state index contributed by atoms with van der Waals surface area (Å²) in [5.74, 6) is 0.568. The van der Waals surface area contributed by atoms with Crippen LogP contribution in [0.15, 0.2) is 41.2 Å². The first kappa shape index (κ1) is 18.7. The van der Waals surface area contributed by atoms with Crippen LogP contribution in [0.1, 0.15) is 27.9 Å². The minimum atomic E-state index is -0.0470. The van der Waals surface area contributed by atoms with Gasteiger partial charge in [0.05, 0.1) is 15.9 Å². The van der Waals surface area contributed by atoms with Crippen LogP contribution in [0.5, 0.6) is 0 Å². The molecule has 0 radical (unpaired) electrons. The van der Waals surface area contributed by atoms with Gasteiger partial charge in [-0.3, -0.25) is 9.59 Å². The molecule has 7 heteroatoms. The van der Waals surface area contributed by atoms with Crippen LogP contribution in [0.2, 0.25) is 0 Å². The summed E-state index contributed by atoms with van der Waals surface area (Å²) in [5, 5.41) is 0. The highest BCUT2D eigenvalue weighted by atomic mass is 32.1. The van der Waals surface area contributed by atoms with Crippen molar-refractivity contribution in [2.45, 2.75) is 26.8 Å². The highest BCUT2D eigenvalue weighted by Gasteiger charge is 2.26. The molecular formula is C21H24N4O2S. The van der Waals surface area contributed by atoms with E-state index in [1.54, 1.807) is 0 Å². The number of amides is 1. The van der Waals surface area contributed by atoms with E-state index in [1.165, 1.54) is 11.3 Å². The Morgan fingerprint density at radius 3 is 2.54 bits per heavy atom. The average molecular weight is 397 g/mol. The van der Waals surface area contributed by atoms with Gasteiger partial charge in [-0.2, -0.15) is 0 Å². The Labute approximate surface area is 168 Å². The number of hydrogen-bond donors (Lipinski definition) is 0. The number of para-hydroxylation sites is 2. The Morgan fingerprint density at radius 1 is 1.11 bits per heavy atom. The van der Waals surface area contributed by atoms with Gasteiger partial charge < -0.3 is 14.4 Å². The second-order valence-corrected chi connectivity index (χ2v) is 8.36. The van der Waals surface area contributed by atoms with Gasteiger partial charge in [-0.15, -0.1) is 11.3 Å². The summed E-state index contributed by atoms with van der Waals surface area (Å²) >= 11 is 1.53. The third-order valence-corrected chi connectivity index (χ3v) is 6.09. The largest absolute Gasteiger partial charge is 0.348 e. The van der Waals surface area contributed by atoms with Crippen molar-refractivity contribution in [2.24, 2.45) is 0 Å². The van der Waals surface area contributed by atoms with Crippen LogP contribution in [0.4, 0.5) is 5.82 Å². The molecule has 3 heterocycles. The number of carbonyl (C=O) groups is 1. The fourth-order valence-corrected chi connectivity index (χ4v) is 4.49. The molecule has 1 amide bonds. The molecule has 4 rings (SSSR count). The molecule has 146 valence electrons. The van der Waals surface area contributed by atoms with Gasteiger partial charge in [0.25, 0.3) is 11.5 Å². The smallest absolute Gasteiger partial charge is 0.294 e. The van der Waals surface area contributed by atoms with Gasteiger partial charge in [0.2, 0.25) is 0 Å². The first-order chi connectivity index (χ1) is 13.6. The van der Waals surface area contributed by atoms with E-state index in [0.29, 0.717) is 38.5 Å². The number of aromatic nitrogens is 2. The molecule has 1 aliphatic rings. The van der Waals surface area contributed by atoms with Crippen LogP contribution in [-0.4, -0.2) is 46.5 Å². The number of hydrogen-bond acceptors (Lipinski definition) is 5. The molecule has 0 spiro atoms. The van der Waals surface area contributed by atoms with Gasteiger partial charge in [0.15, 0.2) is 5.82 Å². The molecule has 6 nitrogen and oxygen atoms in total. The molecule has 1 fully saturated rings. The van der Waals surface area contributed by atoms with Crippen LogP contribution in [0.3, 0.4) is 0 Å².